The molecule has 0 saturated heterocycles. The average molecular weight is 316 g/mol. The first-order valence-corrected chi connectivity index (χ1v) is 8.63. The summed E-state index contributed by atoms with van der Waals surface area (Å²) >= 11 is 0. The first-order valence-electron chi connectivity index (χ1n) is 8.63. The first kappa shape index (κ1) is 18.0. The predicted molar refractivity (Wildman–Crippen MR) is 99.5 cm³/mol. The molecule has 0 radical (unpaired) electrons. The van der Waals surface area contributed by atoms with E-state index in [4.69, 9.17) is 0 Å². The third-order valence-electron chi connectivity index (χ3n) is 5.44. The molecule has 1 atom stereocenters. The lowest BCUT2D eigenvalue weighted by molar-refractivity contribution is 0.222. The van der Waals surface area contributed by atoms with Crippen molar-refractivity contribution in [2.45, 2.75) is 74.0 Å². The van der Waals surface area contributed by atoms with Crippen LogP contribution < -0.4 is 5.32 Å². The van der Waals surface area contributed by atoms with Gasteiger partial charge >= 0.3 is 0 Å². The van der Waals surface area contributed by atoms with Gasteiger partial charge in [-0.3, -0.25) is 0 Å². The minimum atomic E-state index is 0.0741. The highest BCUT2D eigenvalue weighted by Crippen LogP contribution is 2.35. The summed E-state index contributed by atoms with van der Waals surface area (Å²) < 4.78 is 2.40. The molecular weight excluding hydrogens is 284 g/mol. The Bertz CT molecular complexity index is 726. The van der Waals surface area contributed by atoms with Crippen molar-refractivity contribution in [1.82, 2.24) is 9.88 Å². The molecule has 2 aromatic rings. The fraction of sp³-hybridized carbons (Fsp3) is 0.600. The van der Waals surface area contributed by atoms with Gasteiger partial charge in [-0.25, -0.2) is 0 Å². The van der Waals surface area contributed by atoms with Crippen molar-refractivity contribution in [3.05, 3.63) is 33.5 Å². The van der Waals surface area contributed by atoms with Gasteiger partial charge in [0.05, 0.1) is 12.1 Å². The summed E-state index contributed by atoms with van der Waals surface area (Å²) in [6.45, 7) is 18.5. The molecule has 0 fully saturated rings. The summed E-state index contributed by atoms with van der Waals surface area (Å²) in [4.78, 5) is 0. The van der Waals surface area contributed by atoms with Crippen LogP contribution >= 0.6 is 0 Å². The first-order chi connectivity index (χ1) is 10.7. The van der Waals surface area contributed by atoms with E-state index < -0.39 is 0 Å². The predicted octanol–water partition coefficient (Wildman–Crippen LogP) is 3.85. The minimum Gasteiger partial charge on any atom is -0.395 e. The highest BCUT2D eigenvalue weighted by Gasteiger charge is 2.20. The number of benzene rings is 1. The maximum atomic E-state index is 9.75. The zero-order valence-corrected chi connectivity index (χ0v) is 16.0. The molecule has 23 heavy (non-hydrogen) atoms. The minimum absolute atomic E-state index is 0.0741. The van der Waals surface area contributed by atoms with E-state index in [0.717, 1.165) is 6.54 Å². The van der Waals surface area contributed by atoms with Gasteiger partial charge in [-0.15, -0.1) is 0 Å². The Morgan fingerprint density at radius 3 is 1.96 bits per heavy atom. The van der Waals surface area contributed by atoms with Crippen molar-refractivity contribution in [3.8, 4) is 0 Å². The van der Waals surface area contributed by atoms with Gasteiger partial charge < -0.3 is 15.0 Å². The molecule has 0 aliphatic rings. The highest BCUT2D eigenvalue weighted by molar-refractivity contribution is 5.92. The Kier molecular flexibility index (Phi) is 5.22. The van der Waals surface area contributed by atoms with Gasteiger partial charge in [-0.2, -0.15) is 0 Å². The lowest BCUT2D eigenvalue weighted by atomic mass is 9.94. The largest absolute Gasteiger partial charge is 0.395 e. The fourth-order valence-electron chi connectivity index (χ4n) is 3.72. The Labute approximate surface area is 140 Å². The van der Waals surface area contributed by atoms with E-state index in [2.05, 4.69) is 65.3 Å². The van der Waals surface area contributed by atoms with Gasteiger partial charge in [0.15, 0.2) is 0 Å². The van der Waals surface area contributed by atoms with E-state index in [1.54, 1.807) is 0 Å². The fourth-order valence-corrected chi connectivity index (χ4v) is 3.72. The van der Waals surface area contributed by atoms with Crippen molar-refractivity contribution >= 4 is 10.9 Å². The normalized spacial score (nSPS) is 13.3. The molecule has 1 aromatic heterocycles. The number of aliphatic hydroxyl groups is 1. The smallest absolute Gasteiger partial charge is 0.0602 e. The van der Waals surface area contributed by atoms with Gasteiger partial charge in [0.25, 0.3) is 0 Å². The summed E-state index contributed by atoms with van der Waals surface area (Å²) in [5.74, 6) is 0. The van der Waals surface area contributed by atoms with Crippen LogP contribution in [0.15, 0.2) is 0 Å². The molecule has 0 aliphatic carbocycles. The lowest BCUT2D eigenvalue weighted by Crippen LogP contribution is -2.40. The maximum Gasteiger partial charge on any atom is 0.0602 e. The molecule has 0 aliphatic heterocycles. The van der Waals surface area contributed by atoms with Gasteiger partial charge in [0.2, 0.25) is 0 Å². The second-order valence-corrected chi connectivity index (χ2v) is 7.25. The Balaban J connectivity index is 2.67. The van der Waals surface area contributed by atoms with Crippen LogP contribution in [0, 0.1) is 41.5 Å². The van der Waals surface area contributed by atoms with Gasteiger partial charge in [-0.1, -0.05) is 13.8 Å². The van der Waals surface area contributed by atoms with Gasteiger partial charge in [-0.05, 0) is 69.4 Å². The quantitative estimate of drug-likeness (QED) is 0.879. The molecule has 1 unspecified atom stereocenters. The lowest BCUT2D eigenvalue weighted by Gasteiger charge is -2.22. The second kappa shape index (κ2) is 6.66. The van der Waals surface area contributed by atoms with E-state index >= 15 is 0 Å². The molecule has 1 heterocycles. The van der Waals surface area contributed by atoms with Crippen LogP contribution in [-0.2, 0) is 6.54 Å². The van der Waals surface area contributed by atoms with Gasteiger partial charge in [0, 0.05) is 29.7 Å². The van der Waals surface area contributed by atoms with E-state index in [1.165, 1.54) is 44.4 Å². The molecule has 128 valence electrons. The third kappa shape index (κ3) is 3.05. The zero-order chi connectivity index (χ0) is 17.5. The van der Waals surface area contributed by atoms with Crippen molar-refractivity contribution in [2.24, 2.45) is 0 Å². The SMILES string of the molecule is Cc1c(C)c(C)c2c(c1C)c(C)c(C)n2CC(CO)NC(C)C. The van der Waals surface area contributed by atoms with Crippen LogP contribution in [0.3, 0.4) is 0 Å². The van der Waals surface area contributed by atoms with Crippen LogP contribution in [0.5, 0.6) is 0 Å². The topological polar surface area (TPSA) is 37.2 Å². The van der Waals surface area contributed by atoms with Crippen molar-refractivity contribution in [3.63, 3.8) is 0 Å². The summed E-state index contributed by atoms with van der Waals surface area (Å²) in [5, 5.41) is 14.6. The number of aromatic nitrogens is 1. The zero-order valence-electron chi connectivity index (χ0n) is 16.0. The Morgan fingerprint density at radius 1 is 0.870 bits per heavy atom. The van der Waals surface area contributed by atoms with Crippen molar-refractivity contribution in [2.75, 3.05) is 6.61 Å². The summed E-state index contributed by atoms with van der Waals surface area (Å²) in [5.41, 5.74) is 9.54. The van der Waals surface area contributed by atoms with Crippen LogP contribution in [0.25, 0.3) is 10.9 Å². The molecule has 0 spiro atoms. The second-order valence-electron chi connectivity index (χ2n) is 7.25. The van der Waals surface area contributed by atoms with E-state index in [0.29, 0.717) is 6.04 Å². The Hall–Kier alpha value is -1.32. The van der Waals surface area contributed by atoms with E-state index in [1.807, 2.05) is 0 Å². The van der Waals surface area contributed by atoms with E-state index in [9.17, 15) is 5.11 Å². The molecule has 3 nitrogen and oxygen atoms in total. The molecule has 0 amide bonds. The number of hydrogen-bond donors (Lipinski definition) is 2. The molecule has 2 rings (SSSR count). The monoisotopic (exact) mass is 316 g/mol. The van der Waals surface area contributed by atoms with Crippen molar-refractivity contribution < 1.29 is 5.11 Å². The number of rotatable bonds is 5. The highest BCUT2D eigenvalue weighted by atomic mass is 16.3. The molecule has 3 heteroatoms. The van der Waals surface area contributed by atoms with Crippen LogP contribution in [0.2, 0.25) is 0 Å². The third-order valence-corrected chi connectivity index (χ3v) is 5.44. The molecule has 0 saturated carbocycles. The molecule has 0 bridgehead atoms. The number of fused-ring (bicyclic) bond motifs is 1. The summed E-state index contributed by atoms with van der Waals surface area (Å²) in [6, 6.07) is 0.437. The number of hydrogen-bond acceptors (Lipinski definition) is 2. The molecule has 1 aromatic carbocycles. The summed E-state index contributed by atoms with van der Waals surface area (Å²) in [6.07, 6.45) is 0. The van der Waals surface area contributed by atoms with Crippen molar-refractivity contribution in [1.29, 1.82) is 0 Å². The number of nitrogens with zero attached hydrogens (tertiary/aromatic N) is 1. The van der Waals surface area contributed by atoms with Crippen LogP contribution in [-0.4, -0.2) is 28.4 Å². The standard InChI is InChI=1S/C20H32N2O/c1-11(2)21-18(10-23)9-22-17(8)16(7)19-14(5)12(3)13(4)15(6)20(19)22/h11,18,21,23H,9-10H2,1-8H3. The van der Waals surface area contributed by atoms with Gasteiger partial charge in [0.1, 0.15) is 0 Å². The summed E-state index contributed by atoms with van der Waals surface area (Å²) in [7, 11) is 0. The van der Waals surface area contributed by atoms with Crippen LogP contribution in [0.4, 0.5) is 0 Å². The number of aliphatic hydroxyl groups excluding tert-OH is 1. The van der Waals surface area contributed by atoms with E-state index in [-0.39, 0.29) is 12.6 Å². The number of aryl methyl sites for hydroxylation is 3. The van der Waals surface area contributed by atoms with Crippen LogP contribution in [0.1, 0.15) is 47.4 Å². The maximum absolute atomic E-state index is 9.75. The number of nitrogens with one attached hydrogen (secondary N) is 1. The molecular formula is C20H32N2O. The average Bonchev–Trinajstić information content (AvgIpc) is 2.74. The molecule has 2 N–H and O–H groups in total. The Morgan fingerprint density at radius 2 is 1.43 bits per heavy atom.